The van der Waals surface area contributed by atoms with Crippen molar-refractivity contribution in [3.8, 4) is 5.75 Å². The monoisotopic (exact) mass is 330 g/mol. The minimum atomic E-state index is -0.0307. The highest BCUT2D eigenvalue weighted by Gasteiger charge is 2.25. The summed E-state index contributed by atoms with van der Waals surface area (Å²) in [5, 5.41) is 0. The number of nitrogens with one attached hydrogen (secondary N) is 1. The van der Waals surface area contributed by atoms with Crippen LogP contribution in [0.1, 0.15) is 5.56 Å². The minimum absolute atomic E-state index is 0.00343. The fraction of sp³-hybridized carbons (Fsp3) is 0.538. The largest absolute Gasteiger partial charge is 0.497 e. The van der Waals surface area contributed by atoms with Crippen LogP contribution >= 0.6 is 15.9 Å². The SMILES string of the molecule is COc1ccc(Br)c(CC(NN)C2COCCO2)c1. The van der Waals surface area contributed by atoms with Crippen LogP contribution < -0.4 is 16.0 Å². The summed E-state index contributed by atoms with van der Waals surface area (Å²) in [5.41, 5.74) is 3.94. The van der Waals surface area contributed by atoms with Crippen LogP contribution in [0, 0.1) is 0 Å². The van der Waals surface area contributed by atoms with E-state index in [1.807, 2.05) is 18.2 Å². The normalized spacial score (nSPS) is 21.1. The van der Waals surface area contributed by atoms with Gasteiger partial charge in [-0.05, 0) is 30.2 Å². The molecule has 2 unspecified atom stereocenters. The Bertz CT molecular complexity index is 411. The molecule has 0 aromatic heterocycles. The quantitative estimate of drug-likeness (QED) is 0.628. The lowest BCUT2D eigenvalue weighted by atomic mass is 10.0. The van der Waals surface area contributed by atoms with E-state index in [0.29, 0.717) is 19.8 Å². The number of hydrogen-bond donors (Lipinski definition) is 2. The van der Waals surface area contributed by atoms with E-state index in [2.05, 4.69) is 21.4 Å². The van der Waals surface area contributed by atoms with E-state index in [0.717, 1.165) is 22.2 Å². The average molecular weight is 331 g/mol. The lowest BCUT2D eigenvalue weighted by Crippen LogP contribution is -2.50. The van der Waals surface area contributed by atoms with E-state index < -0.39 is 0 Å². The summed E-state index contributed by atoms with van der Waals surface area (Å²) in [6, 6.07) is 5.89. The van der Waals surface area contributed by atoms with Crippen LogP contribution in [0.15, 0.2) is 22.7 Å². The molecule has 106 valence electrons. The van der Waals surface area contributed by atoms with Gasteiger partial charge in [0.05, 0.1) is 39.1 Å². The van der Waals surface area contributed by atoms with Gasteiger partial charge in [-0.2, -0.15) is 0 Å². The van der Waals surface area contributed by atoms with Crippen molar-refractivity contribution < 1.29 is 14.2 Å². The molecule has 0 spiro atoms. The number of hydrazine groups is 1. The third kappa shape index (κ3) is 3.90. The zero-order valence-electron chi connectivity index (χ0n) is 10.9. The first-order valence-electron chi connectivity index (χ1n) is 6.22. The van der Waals surface area contributed by atoms with Crippen LogP contribution in [0.4, 0.5) is 0 Å². The molecular formula is C13H19BrN2O3. The zero-order valence-corrected chi connectivity index (χ0v) is 12.5. The van der Waals surface area contributed by atoms with Crippen molar-refractivity contribution in [1.29, 1.82) is 0 Å². The van der Waals surface area contributed by atoms with Crippen LogP contribution in [-0.4, -0.2) is 39.1 Å². The van der Waals surface area contributed by atoms with E-state index >= 15 is 0 Å². The van der Waals surface area contributed by atoms with Gasteiger partial charge in [-0.1, -0.05) is 15.9 Å². The summed E-state index contributed by atoms with van der Waals surface area (Å²) in [6.45, 7) is 1.83. The Morgan fingerprint density at radius 3 is 3.00 bits per heavy atom. The molecular weight excluding hydrogens is 312 g/mol. The lowest BCUT2D eigenvalue weighted by Gasteiger charge is -2.30. The fourth-order valence-corrected chi connectivity index (χ4v) is 2.52. The Kier molecular flexibility index (Phi) is 5.59. The standard InChI is InChI=1S/C13H19BrN2O3/c1-17-10-2-3-11(14)9(6-10)7-12(16-15)13-8-18-4-5-19-13/h2-3,6,12-13,16H,4-5,7-8,15H2,1H3. The molecule has 2 rings (SSSR count). The molecule has 1 heterocycles. The van der Waals surface area contributed by atoms with E-state index in [4.69, 9.17) is 20.1 Å². The van der Waals surface area contributed by atoms with Gasteiger partial charge in [0.25, 0.3) is 0 Å². The second-order valence-corrected chi connectivity index (χ2v) is 5.27. The smallest absolute Gasteiger partial charge is 0.119 e. The van der Waals surface area contributed by atoms with Crippen molar-refractivity contribution in [2.24, 2.45) is 5.84 Å². The first-order chi connectivity index (χ1) is 9.24. The van der Waals surface area contributed by atoms with Crippen molar-refractivity contribution >= 4 is 15.9 Å². The first-order valence-corrected chi connectivity index (χ1v) is 7.01. The summed E-state index contributed by atoms with van der Waals surface area (Å²) in [7, 11) is 1.66. The molecule has 0 aliphatic carbocycles. The number of ether oxygens (including phenoxy) is 3. The van der Waals surface area contributed by atoms with Crippen molar-refractivity contribution in [3.05, 3.63) is 28.2 Å². The molecule has 1 aromatic rings. The number of halogens is 1. The van der Waals surface area contributed by atoms with Gasteiger partial charge in [0.15, 0.2) is 0 Å². The lowest BCUT2D eigenvalue weighted by molar-refractivity contribution is -0.101. The first kappa shape index (κ1) is 14.7. The fourth-order valence-electron chi connectivity index (χ4n) is 2.11. The molecule has 1 saturated heterocycles. The van der Waals surface area contributed by atoms with Crippen molar-refractivity contribution in [2.45, 2.75) is 18.6 Å². The van der Waals surface area contributed by atoms with Gasteiger partial charge < -0.3 is 14.2 Å². The highest BCUT2D eigenvalue weighted by atomic mass is 79.9. The predicted octanol–water partition coefficient (Wildman–Crippen LogP) is 1.25. The summed E-state index contributed by atoms with van der Waals surface area (Å²) in [6.07, 6.45) is 0.708. The number of benzene rings is 1. The highest BCUT2D eigenvalue weighted by Crippen LogP contribution is 2.24. The van der Waals surface area contributed by atoms with Crippen LogP contribution in [0.25, 0.3) is 0 Å². The molecule has 5 nitrogen and oxygen atoms in total. The molecule has 0 bridgehead atoms. The second kappa shape index (κ2) is 7.21. The van der Waals surface area contributed by atoms with Gasteiger partial charge >= 0.3 is 0 Å². The Morgan fingerprint density at radius 1 is 1.53 bits per heavy atom. The molecule has 0 amide bonds. The number of hydrogen-bond acceptors (Lipinski definition) is 5. The van der Waals surface area contributed by atoms with Gasteiger partial charge in [-0.3, -0.25) is 11.3 Å². The summed E-state index contributed by atoms with van der Waals surface area (Å²) >= 11 is 3.55. The third-order valence-electron chi connectivity index (χ3n) is 3.20. The number of nitrogens with two attached hydrogens (primary N) is 1. The maximum absolute atomic E-state index is 5.69. The number of rotatable bonds is 5. The topological polar surface area (TPSA) is 65.7 Å². The van der Waals surface area contributed by atoms with E-state index in [1.54, 1.807) is 7.11 Å². The Hall–Kier alpha value is -0.660. The van der Waals surface area contributed by atoms with Crippen LogP contribution in [0.2, 0.25) is 0 Å². The van der Waals surface area contributed by atoms with Crippen molar-refractivity contribution in [1.82, 2.24) is 5.43 Å². The molecule has 0 saturated carbocycles. The van der Waals surface area contributed by atoms with Gasteiger partial charge in [0.1, 0.15) is 5.75 Å². The van der Waals surface area contributed by atoms with Crippen LogP contribution in [0.3, 0.4) is 0 Å². The maximum Gasteiger partial charge on any atom is 0.119 e. The number of methoxy groups -OCH3 is 1. The van der Waals surface area contributed by atoms with Gasteiger partial charge in [0.2, 0.25) is 0 Å². The van der Waals surface area contributed by atoms with Gasteiger partial charge in [0, 0.05) is 4.47 Å². The molecule has 3 N–H and O–H groups in total. The third-order valence-corrected chi connectivity index (χ3v) is 3.97. The van der Waals surface area contributed by atoms with Gasteiger partial charge in [-0.15, -0.1) is 0 Å². The van der Waals surface area contributed by atoms with Crippen LogP contribution in [0.5, 0.6) is 5.75 Å². The molecule has 1 fully saturated rings. The Balaban J connectivity index is 2.08. The second-order valence-electron chi connectivity index (χ2n) is 4.42. The van der Waals surface area contributed by atoms with Crippen molar-refractivity contribution in [2.75, 3.05) is 26.9 Å². The Morgan fingerprint density at radius 2 is 2.37 bits per heavy atom. The Labute approximate surface area is 121 Å². The minimum Gasteiger partial charge on any atom is -0.497 e. The zero-order chi connectivity index (χ0) is 13.7. The highest BCUT2D eigenvalue weighted by molar-refractivity contribution is 9.10. The van der Waals surface area contributed by atoms with E-state index in [-0.39, 0.29) is 12.1 Å². The molecule has 1 aliphatic heterocycles. The molecule has 19 heavy (non-hydrogen) atoms. The molecule has 1 aromatic carbocycles. The molecule has 1 aliphatic rings. The predicted molar refractivity (Wildman–Crippen MR) is 76.1 cm³/mol. The maximum atomic E-state index is 5.69. The summed E-state index contributed by atoms with van der Waals surface area (Å²) in [4.78, 5) is 0. The van der Waals surface area contributed by atoms with Gasteiger partial charge in [-0.25, -0.2) is 0 Å². The van der Waals surface area contributed by atoms with Crippen molar-refractivity contribution in [3.63, 3.8) is 0 Å². The van der Waals surface area contributed by atoms with E-state index in [9.17, 15) is 0 Å². The molecule has 6 heteroatoms. The van der Waals surface area contributed by atoms with E-state index in [1.165, 1.54) is 0 Å². The summed E-state index contributed by atoms with van der Waals surface area (Å²) < 4.78 is 17.4. The molecule has 2 atom stereocenters. The average Bonchev–Trinajstić information content (AvgIpc) is 2.47. The molecule has 0 radical (unpaired) electrons. The van der Waals surface area contributed by atoms with Crippen LogP contribution in [-0.2, 0) is 15.9 Å². The summed E-state index contributed by atoms with van der Waals surface area (Å²) in [5.74, 6) is 6.47.